The average molecular weight is 418 g/mol. The van der Waals surface area contributed by atoms with Gasteiger partial charge in [-0.3, -0.25) is 0 Å². The van der Waals surface area contributed by atoms with Crippen LogP contribution in [0, 0.1) is 11.3 Å². The Balaban J connectivity index is 1.54. The van der Waals surface area contributed by atoms with Crippen LogP contribution in [0.15, 0.2) is 48.7 Å². The molecule has 0 saturated carbocycles. The lowest BCUT2D eigenvalue weighted by Crippen LogP contribution is -2.60. The van der Waals surface area contributed by atoms with Gasteiger partial charge in [0.15, 0.2) is 0 Å². The number of hydrogen-bond donors (Lipinski definition) is 2. The van der Waals surface area contributed by atoms with Crippen molar-refractivity contribution >= 4 is 17.3 Å². The van der Waals surface area contributed by atoms with Gasteiger partial charge in [-0.2, -0.15) is 5.26 Å². The zero-order valence-corrected chi connectivity index (χ0v) is 18.7. The minimum absolute atomic E-state index is 0.0671. The zero-order chi connectivity index (χ0) is 21.4. The van der Waals surface area contributed by atoms with E-state index in [1.54, 1.807) is 11.3 Å². The number of benzene rings is 1. The monoisotopic (exact) mass is 417 g/mol. The van der Waals surface area contributed by atoms with Gasteiger partial charge < -0.3 is 10.6 Å². The number of anilines is 1. The number of nitriles is 1. The number of piperidine rings is 1. The lowest BCUT2D eigenvalue weighted by atomic mass is 9.80. The topological polar surface area (TPSA) is 73.6 Å². The predicted octanol–water partition coefficient (Wildman–Crippen LogP) is 5.46. The standard InChI is InChI=1S/C24H27N5S/c1-23(2)13-18(14-24(3,4)29-23)27-22-26-11-10-19(28-22)21-9-8-20(30-21)17-7-5-6-16(12-17)15-25/h5-12,18,29H,13-14H2,1-4H3,(H,26,27,28). The molecule has 3 aromatic rings. The van der Waals surface area contributed by atoms with Crippen LogP contribution in [-0.2, 0) is 0 Å². The Kier molecular flexibility index (Phi) is 5.35. The number of thiophene rings is 1. The van der Waals surface area contributed by atoms with Crippen molar-refractivity contribution in [3.8, 4) is 27.1 Å². The Bertz CT molecular complexity index is 1080. The van der Waals surface area contributed by atoms with Gasteiger partial charge in [0, 0.05) is 28.2 Å². The molecule has 0 amide bonds. The molecular formula is C24H27N5S. The van der Waals surface area contributed by atoms with Gasteiger partial charge in [-0.25, -0.2) is 9.97 Å². The third-order valence-corrected chi connectivity index (χ3v) is 6.47. The molecule has 0 unspecified atom stereocenters. The van der Waals surface area contributed by atoms with E-state index >= 15 is 0 Å². The van der Waals surface area contributed by atoms with E-state index in [4.69, 9.17) is 10.2 Å². The van der Waals surface area contributed by atoms with Crippen molar-refractivity contribution < 1.29 is 0 Å². The van der Waals surface area contributed by atoms with E-state index in [9.17, 15) is 0 Å². The van der Waals surface area contributed by atoms with Crippen LogP contribution >= 0.6 is 11.3 Å². The maximum atomic E-state index is 9.15. The zero-order valence-electron chi connectivity index (χ0n) is 17.9. The molecule has 30 heavy (non-hydrogen) atoms. The molecule has 1 fully saturated rings. The normalized spacial score (nSPS) is 18.0. The second-order valence-corrected chi connectivity index (χ2v) is 10.3. The first-order chi connectivity index (χ1) is 14.2. The predicted molar refractivity (Wildman–Crippen MR) is 123 cm³/mol. The summed E-state index contributed by atoms with van der Waals surface area (Å²) in [5.41, 5.74) is 2.77. The Morgan fingerprint density at radius 1 is 1.07 bits per heavy atom. The van der Waals surface area contributed by atoms with Crippen molar-refractivity contribution in [2.75, 3.05) is 5.32 Å². The largest absolute Gasteiger partial charge is 0.351 e. The summed E-state index contributed by atoms with van der Waals surface area (Å²) in [6.45, 7) is 8.98. The van der Waals surface area contributed by atoms with Crippen LogP contribution in [0.25, 0.3) is 21.0 Å². The Morgan fingerprint density at radius 3 is 2.53 bits per heavy atom. The summed E-state index contributed by atoms with van der Waals surface area (Å²) in [5.74, 6) is 0.674. The minimum atomic E-state index is 0.0671. The molecule has 0 aliphatic carbocycles. The lowest BCUT2D eigenvalue weighted by molar-refractivity contribution is 0.170. The van der Waals surface area contributed by atoms with E-state index in [2.05, 4.69) is 61.5 Å². The van der Waals surface area contributed by atoms with Crippen LogP contribution in [-0.4, -0.2) is 27.1 Å². The molecule has 4 rings (SSSR count). The van der Waals surface area contributed by atoms with Gasteiger partial charge in [0.05, 0.1) is 22.2 Å². The van der Waals surface area contributed by atoms with Gasteiger partial charge in [0.1, 0.15) is 0 Å². The third kappa shape index (κ3) is 4.69. The third-order valence-electron chi connectivity index (χ3n) is 5.31. The summed E-state index contributed by atoms with van der Waals surface area (Å²) in [7, 11) is 0. The summed E-state index contributed by atoms with van der Waals surface area (Å²) in [5, 5.41) is 16.4. The van der Waals surface area contributed by atoms with E-state index < -0.39 is 0 Å². The second-order valence-electron chi connectivity index (χ2n) is 9.26. The summed E-state index contributed by atoms with van der Waals surface area (Å²) in [4.78, 5) is 11.5. The van der Waals surface area contributed by atoms with Gasteiger partial charge in [-0.1, -0.05) is 12.1 Å². The molecule has 0 radical (unpaired) electrons. The maximum absolute atomic E-state index is 9.15. The highest BCUT2D eigenvalue weighted by Gasteiger charge is 2.37. The highest BCUT2D eigenvalue weighted by Crippen LogP contribution is 2.34. The molecule has 3 heterocycles. The van der Waals surface area contributed by atoms with Crippen LogP contribution in [0.1, 0.15) is 46.1 Å². The molecular weight excluding hydrogens is 390 g/mol. The van der Waals surface area contributed by atoms with Gasteiger partial charge in [0.2, 0.25) is 5.95 Å². The molecule has 1 aromatic carbocycles. The van der Waals surface area contributed by atoms with Gasteiger partial charge in [-0.15, -0.1) is 11.3 Å². The van der Waals surface area contributed by atoms with Crippen LogP contribution < -0.4 is 10.6 Å². The highest BCUT2D eigenvalue weighted by molar-refractivity contribution is 7.18. The fraction of sp³-hybridized carbons (Fsp3) is 0.375. The van der Waals surface area contributed by atoms with Crippen molar-refractivity contribution in [1.82, 2.24) is 15.3 Å². The molecule has 2 N–H and O–H groups in total. The summed E-state index contributed by atoms with van der Waals surface area (Å²) < 4.78 is 0. The van der Waals surface area contributed by atoms with Gasteiger partial charge in [0.25, 0.3) is 0 Å². The average Bonchev–Trinajstić information content (AvgIpc) is 3.16. The molecule has 154 valence electrons. The van der Waals surface area contributed by atoms with Gasteiger partial charge in [-0.05, 0) is 76.4 Å². The fourth-order valence-corrected chi connectivity index (χ4v) is 5.52. The number of rotatable bonds is 4. The Morgan fingerprint density at radius 2 is 1.80 bits per heavy atom. The number of aromatic nitrogens is 2. The molecule has 6 heteroatoms. The van der Waals surface area contributed by atoms with Crippen molar-refractivity contribution in [3.05, 3.63) is 54.2 Å². The number of nitrogens with one attached hydrogen (secondary N) is 2. The summed E-state index contributed by atoms with van der Waals surface area (Å²) >= 11 is 1.68. The van der Waals surface area contributed by atoms with Crippen molar-refractivity contribution in [2.45, 2.75) is 57.7 Å². The Hall–Kier alpha value is -2.75. The molecule has 1 saturated heterocycles. The second kappa shape index (κ2) is 7.82. The molecule has 0 atom stereocenters. The number of hydrogen-bond acceptors (Lipinski definition) is 6. The van der Waals surface area contributed by atoms with E-state index in [0.717, 1.165) is 33.9 Å². The maximum Gasteiger partial charge on any atom is 0.223 e. The highest BCUT2D eigenvalue weighted by atomic mass is 32.1. The molecule has 0 spiro atoms. The first-order valence-corrected chi connectivity index (χ1v) is 11.0. The van der Waals surface area contributed by atoms with Crippen LogP contribution in [0.3, 0.4) is 0 Å². The van der Waals surface area contributed by atoms with Crippen molar-refractivity contribution in [1.29, 1.82) is 5.26 Å². The molecule has 1 aliphatic rings. The summed E-state index contributed by atoms with van der Waals surface area (Å²) in [6, 6.07) is 16.3. The van der Waals surface area contributed by atoms with E-state index in [1.807, 2.05) is 36.5 Å². The minimum Gasteiger partial charge on any atom is -0.351 e. The Labute approximate surface area is 182 Å². The van der Waals surface area contributed by atoms with Crippen LogP contribution in [0.5, 0.6) is 0 Å². The first-order valence-electron chi connectivity index (χ1n) is 10.2. The number of nitrogens with zero attached hydrogens (tertiary/aromatic N) is 3. The first kappa shape index (κ1) is 20.5. The van der Waals surface area contributed by atoms with Crippen molar-refractivity contribution in [3.63, 3.8) is 0 Å². The van der Waals surface area contributed by atoms with E-state index in [1.165, 1.54) is 0 Å². The van der Waals surface area contributed by atoms with E-state index in [0.29, 0.717) is 17.6 Å². The molecule has 1 aliphatic heterocycles. The SMILES string of the molecule is CC1(C)CC(Nc2nccc(-c3ccc(-c4cccc(C#N)c4)s3)n2)CC(C)(C)N1. The fourth-order valence-electron chi connectivity index (χ4n) is 4.55. The molecule has 2 aromatic heterocycles. The summed E-state index contributed by atoms with van der Waals surface area (Å²) in [6.07, 6.45) is 3.85. The van der Waals surface area contributed by atoms with E-state index in [-0.39, 0.29) is 11.1 Å². The van der Waals surface area contributed by atoms with Crippen LogP contribution in [0.2, 0.25) is 0 Å². The van der Waals surface area contributed by atoms with Gasteiger partial charge >= 0.3 is 0 Å². The lowest BCUT2D eigenvalue weighted by Gasteiger charge is -2.46. The molecule has 5 nitrogen and oxygen atoms in total. The quantitative estimate of drug-likeness (QED) is 0.589. The van der Waals surface area contributed by atoms with Crippen molar-refractivity contribution in [2.24, 2.45) is 0 Å². The molecule has 0 bridgehead atoms. The van der Waals surface area contributed by atoms with Crippen LogP contribution in [0.4, 0.5) is 5.95 Å². The smallest absolute Gasteiger partial charge is 0.223 e.